The van der Waals surface area contributed by atoms with E-state index in [0.29, 0.717) is 32.5 Å². The zero-order valence-corrected chi connectivity index (χ0v) is 10.8. The lowest BCUT2D eigenvalue weighted by Gasteiger charge is -2.23. The van der Waals surface area contributed by atoms with E-state index < -0.39 is 16.1 Å². The van der Waals surface area contributed by atoms with Crippen LogP contribution in [0.25, 0.3) is 0 Å². The number of primary amides is 1. The normalized spacial score (nSPS) is 22.2. The Morgan fingerprint density at radius 2 is 2.18 bits per heavy atom. The number of nitrogens with two attached hydrogens (primary N) is 2. The lowest BCUT2D eigenvalue weighted by Crippen LogP contribution is -2.42. The summed E-state index contributed by atoms with van der Waals surface area (Å²) in [5.74, 6) is -0.806. The Kier molecular flexibility index (Phi) is 4.87. The van der Waals surface area contributed by atoms with E-state index in [1.807, 2.05) is 0 Å². The third-order valence-electron chi connectivity index (χ3n) is 2.95. The molecule has 1 rings (SSSR count). The van der Waals surface area contributed by atoms with Gasteiger partial charge in [0.15, 0.2) is 0 Å². The first-order valence-corrected chi connectivity index (χ1v) is 7.00. The number of hydrogen-bond donors (Lipinski definition) is 2. The molecule has 1 aliphatic heterocycles. The first-order chi connectivity index (χ1) is 7.89. The van der Waals surface area contributed by atoms with Crippen LogP contribution < -0.4 is 11.5 Å². The van der Waals surface area contributed by atoms with E-state index >= 15 is 0 Å². The molecule has 0 bridgehead atoms. The van der Waals surface area contributed by atoms with Crippen molar-refractivity contribution < 1.29 is 13.2 Å². The van der Waals surface area contributed by atoms with Crippen molar-refractivity contribution in [2.24, 2.45) is 17.4 Å². The molecule has 0 aromatic carbocycles. The van der Waals surface area contributed by atoms with Crippen LogP contribution >= 0.6 is 0 Å². The van der Waals surface area contributed by atoms with Crippen LogP contribution in [0.4, 0.5) is 0 Å². The molecule has 8 heteroatoms. The van der Waals surface area contributed by atoms with Crippen molar-refractivity contribution in [3.05, 3.63) is 0 Å². The summed E-state index contributed by atoms with van der Waals surface area (Å²) in [4.78, 5) is 11.0. The maximum atomic E-state index is 12.1. The van der Waals surface area contributed by atoms with Gasteiger partial charge in [0, 0.05) is 26.7 Å². The van der Waals surface area contributed by atoms with Crippen molar-refractivity contribution in [3.8, 4) is 0 Å². The van der Waals surface area contributed by atoms with Gasteiger partial charge in [-0.1, -0.05) is 0 Å². The summed E-state index contributed by atoms with van der Waals surface area (Å²) >= 11 is 0. The second-order valence-electron chi connectivity index (χ2n) is 4.22. The van der Waals surface area contributed by atoms with Crippen molar-refractivity contribution in [2.45, 2.75) is 12.8 Å². The Bertz CT molecular complexity index is 370. The minimum atomic E-state index is -3.47. The van der Waals surface area contributed by atoms with Gasteiger partial charge in [0.05, 0.1) is 5.92 Å². The lowest BCUT2D eigenvalue weighted by molar-refractivity contribution is -0.121. The van der Waals surface area contributed by atoms with Crippen LogP contribution in [0.2, 0.25) is 0 Å². The Hall–Kier alpha value is -0.700. The fourth-order valence-electron chi connectivity index (χ4n) is 1.80. The predicted octanol–water partition coefficient (Wildman–Crippen LogP) is -1.68. The molecule has 1 heterocycles. The van der Waals surface area contributed by atoms with E-state index in [9.17, 15) is 13.2 Å². The van der Waals surface area contributed by atoms with E-state index in [0.717, 1.165) is 0 Å². The molecule has 1 unspecified atom stereocenters. The monoisotopic (exact) mass is 264 g/mol. The predicted molar refractivity (Wildman–Crippen MR) is 64.1 cm³/mol. The number of amides is 1. The van der Waals surface area contributed by atoms with Crippen molar-refractivity contribution in [1.29, 1.82) is 0 Å². The molecule has 100 valence electrons. The maximum absolute atomic E-state index is 12.1. The number of nitrogens with zero attached hydrogens (tertiary/aromatic N) is 2. The molecule has 0 aromatic heterocycles. The molecule has 1 aliphatic rings. The Morgan fingerprint density at radius 1 is 1.53 bits per heavy atom. The molecular weight excluding hydrogens is 244 g/mol. The molecule has 7 nitrogen and oxygen atoms in total. The van der Waals surface area contributed by atoms with Gasteiger partial charge < -0.3 is 11.5 Å². The van der Waals surface area contributed by atoms with Gasteiger partial charge in [-0.05, 0) is 19.4 Å². The molecule has 1 atom stereocenters. The van der Waals surface area contributed by atoms with Gasteiger partial charge in [0.1, 0.15) is 0 Å². The highest BCUT2D eigenvalue weighted by Gasteiger charge is 2.35. The van der Waals surface area contributed by atoms with Gasteiger partial charge in [-0.15, -0.1) is 0 Å². The zero-order valence-electron chi connectivity index (χ0n) is 10.0. The largest absolute Gasteiger partial charge is 0.369 e. The lowest BCUT2D eigenvalue weighted by atomic mass is 10.1. The highest BCUT2D eigenvalue weighted by molar-refractivity contribution is 7.86. The van der Waals surface area contributed by atoms with Crippen molar-refractivity contribution in [1.82, 2.24) is 8.61 Å². The smallest absolute Gasteiger partial charge is 0.281 e. The minimum absolute atomic E-state index is 0.185. The van der Waals surface area contributed by atoms with E-state index in [4.69, 9.17) is 11.5 Å². The summed E-state index contributed by atoms with van der Waals surface area (Å²) in [5, 5.41) is 0. The van der Waals surface area contributed by atoms with Gasteiger partial charge in [0.25, 0.3) is 10.2 Å². The van der Waals surface area contributed by atoms with Crippen molar-refractivity contribution in [3.63, 3.8) is 0 Å². The molecule has 4 N–H and O–H groups in total. The Labute approximate surface area is 102 Å². The van der Waals surface area contributed by atoms with Crippen LogP contribution in [0.1, 0.15) is 12.8 Å². The van der Waals surface area contributed by atoms with Gasteiger partial charge >= 0.3 is 0 Å². The summed E-state index contributed by atoms with van der Waals surface area (Å²) < 4.78 is 26.7. The fourth-order valence-corrected chi connectivity index (χ4v) is 3.25. The average molecular weight is 264 g/mol. The second-order valence-corrected chi connectivity index (χ2v) is 6.25. The molecule has 0 radical (unpaired) electrons. The van der Waals surface area contributed by atoms with Crippen LogP contribution in [0.15, 0.2) is 0 Å². The molecule has 0 aromatic rings. The van der Waals surface area contributed by atoms with Crippen LogP contribution in [0.5, 0.6) is 0 Å². The highest BCUT2D eigenvalue weighted by atomic mass is 32.2. The standard InChI is InChI=1S/C9H20N4O3S/c1-12(5-2-4-10)17(15,16)13-6-3-8(7-13)9(11)14/h8H,2-7,10H2,1H3,(H2,11,14). The van der Waals surface area contributed by atoms with E-state index in [-0.39, 0.29) is 12.5 Å². The topological polar surface area (TPSA) is 110 Å². The van der Waals surface area contributed by atoms with Crippen LogP contribution in [-0.2, 0) is 15.0 Å². The fraction of sp³-hybridized carbons (Fsp3) is 0.889. The van der Waals surface area contributed by atoms with Crippen molar-refractivity contribution >= 4 is 16.1 Å². The maximum Gasteiger partial charge on any atom is 0.281 e. The zero-order chi connectivity index (χ0) is 13.1. The Morgan fingerprint density at radius 3 is 2.65 bits per heavy atom. The number of hydrogen-bond acceptors (Lipinski definition) is 4. The number of rotatable bonds is 6. The molecule has 0 saturated carbocycles. The van der Waals surface area contributed by atoms with Crippen LogP contribution in [0, 0.1) is 5.92 Å². The number of carbonyl (C=O) groups excluding carboxylic acids is 1. The minimum Gasteiger partial charge on any atom is -0.369 e. The molecule has 1 fully saturated rings. The van der Waals surface area contributed by atoms with Gasteiger partial charge in [0.2, 0.25) is 5.91 Å². The van der Waals surface area contributed by atoms with Crippen LogP contribution in [-0.4, -0.2) is 56.2 Å². The summed E-state index contributed by atoms with van der Waals surface area (Å²) in [6.07, 6.45) is 1.11. The third kappa shape index (κ3) is 3.38. The van der Waals surface area contributed by atoms with Gasteiger partial charge in [-0.2, -0.15) is 17.0 Å². The molecule has 1 saturated heterocycles. The molecule has 1 amide bonds. The first kappa shape index (κ1) is 14.4. The second kappa shape index (κ2) is 5.76. The van der Waals surface area contributed by atoms with E-state index in [1.54, 1.807) is 0 Å². The Balaban J connectivity index is 2.63. The first-order valence-electron chi connectivity index (χ1n) is 5.60. The molecule has 17 heavy (non-hydrogen) atoms. The van der Waals surface area contributed by atoms with E-state index in [2.05, 4.69) is 0 Å². The van der Waals surface area contributed by atoms with E-state index in [1.165, 1.54) is 15.7 Å². The molecule has 0 aliphatic carbocycles. The summed E-state index contributed by atoms with van der Waals surface area (Å²) in [6.45, 7) is 1.37. The number of carbonyl (C=O) groups is 1. The quantitative estimate of drug-likeness (QED) is 0.597. The van der Waals surface area contributed by atoms with Crippen molar-refractivity contribution in [2.75, 3.05) is 33.2 Å². The summed E-state index contributed by atoms with van der Waals surface area (Å²) in [6, 6.07) is 0. The average Bonchev–Trinajstić information content (AvgIpc) is 2.75. The van der Waals surface area contributed by atoms with Crippen LogP contribution in [0.3, 0.4) is 0 Å². The molecular formula is C9H20N4O3S. The summed E-state index contributed by atoms with van der Waals surface area (Å²) in [5.41, 5.74) is 10.5. The van der Waals surface area contributed by atoms with Gasteiger partial charge in [-0.3, -0.25) is 4.79 Å². The molecule has 0 spiro atoms. The summed E-state index contributed by atoms with van der Waals surface area (Å²) in [7, 11) is -1.96. The van der Waals surface area contributed by atoms with Gasteiger partial charge in [-0.25, -0.2) is 0 Å². The SMILES string of the molecule is CN(CCCN)S(=O)(=O)N1CCC(C(N)=O)C1. The third-order valence-corrected chi connectivity index (χ3v) is 4.91. The highest BCUT2D eigenvalue weighted by Crippen LogP contribution is 2.20.